The van der Waals surface area contributed by atoms with E-state index >= 15 is 0 Å². The summed E-state index contributed by atoms with van der Waals surface area (Å²) in [6.07, 6.45) is 24.5. The first-order chi connectivity index (χ1) is 24.8. The van der Waals surface area contributed by atoms with Crippen LogP contribution < -0.4 is 9.46 Å². The van der Waals surface area contributed by atoms with Crippen LogP contribution in [-0.2, 0) is 34.4 Å². The molecule has 1 aromatic carbocycles. The SMILES string of the molecule is CCCCCCCCCCC(CCCCCCCC)COCC(COP(=O)([O-])OCC[n+]1cccc(-c2ccccc2)c1)OCCCCC(=O)O. The molecular formula is C41H68NO8P. The van der Waals surface area contributed by atoms with Gasteiger partial charge < -0.3 is 28.5 Å². The van der Waals surface area contributed by atoms with Crippen molar-refractivity contribution < 1.29 is 42.4 Å². The van der Waals surface area contributed by atoms with Gasteiger partial charge in [-0.05, 0) is 43.2 Å². The van der Waals surface area contributed by atoms with Gasteiger partial charge in [0.05, 0.1) is 13.2 Å². The number of nitrogens with zero attached hydrogens (tertiary/aromatic N) is 1. The van der Waals surface area contributed by atoms with Gasteiger partial charge in [-0.1, -0.05) is 134 Å². The molecule has 2 rings (SSSR count). The molecule has 0 fully saturated rings. The summed E-state index contributed by atoms with van der Waals surface area (Å²) in [6.45, 7) is 5.63. The highest BCUT2D eigenvalue weighted by atomic mass is 31.2. The molecule has 3 atom stereocenters. The lowest BCUT2D eigenvalue weighted by molar-refractivity contribution is -0.697. The average molecular weight is 734 g/mol. The van der Waals surface area contributed by atoms with E-state index in [1.165, 1.54) is 89.9 Å². The summed E-state index contributed by atoms with van der Waals surface area (Å²) in [5, 5.41) is 8.96. The Kier molecular flexibility index (Phi) is 25.9. The third-order valence-electron chi connectivity index (χ3n) is 9.21. The number of ether oxygens (including phenoxy) is 2. The van der Waals surface area contributed by atoms with Crippen LogP contribution in [0.3, 0.4) is 0 Å². The van der Waals surface area contributed by atoms with Crippen LogP contribution in [0, 0.1) is 5.92 Å². The van der Waals surface area contributed by atoms with Crippen molar-refractivity contribution in [2.45, 2.75) is 148 Å². The molecule has 1 aromatic heterocycles. The summed E-state index contributed by atoms with van der Waals surface area (Å²) in [4.78, 5) is 23.6. The van der Waals surface area contributed by atoms with Gasteiger partial charge in [0.2, 0.25) is 0 Å². The van der Waals surface area contributed by atoms with Gasteiger partial charge in [-0.3, -0.25) is 9.36 Å². The third kappa shape index (κ3) is 23.9. The van der Waals surface area contributed by atoms with E-state index in [9.17, 15) is 14.3 Å². The van der Waals surface area contributed by atoms with Crippen LogP contribution in [0.15, 0.2) is 54.9 Å². The molecule has 0 amide bonds. The summed E-state index contributed by atoms with van der Waals surface area (Å²) >= 11 is 0. The number of carboxylic acid groups (broad SMARTS) is 1. The fraction of sp³-hybridized carbons (Fsp3) is 0.707. The molecule has 0 radical (unpaired) electrons. The molecule has 290 valence electrons. The lowest BCUT2D eigenvalue weighted by Crippen LogP contribution is -2.35. The third-order valence-corrected chi connectivity index (χ3v) is 10.2. The standard InChI is InChI=1S/C41H68NO8P/c1-3-5-7-9-11-12-14-17-24-37(23-16-13-10-8-6-4-2)34-47-35-40(48-31-21-20-28-41(43)44)36-50-51(45,46)49-32-30-42-29-22-27-39(33-42)38-25-18-15-19-26-38/h15,18-19,22,25-27,29,33,37,40H,3-14,16-17,20-21,23-24,28,30-32,34-36H2,1-2H3,(H-,43,44,45,46). The van der Waals surface area contributed by atoms with Crippen molar-refractivity contribution in [3.63, 3.8) is 0 Å². The Morgan fingerprint density at radius 3 is 1.96 bits per heavy atom. The quantitative estimate of drug-likeness (QED) is 0.0429. The van der Waals surface area contributed by atoms with Crippen LogP contribution in [0.5, 0.6) is 0 Å². The second-order valence-electron chi connectivity index (χ2n) is 13.8. The second kappa shape index (κ2) is 29.3. The van der Waals surface area contributed by atoms with Crippen molar-refractivity contribution in [3.05, 3.63) is 54.9 Å². The number of benzene rings is 1. The highest BCUT2D eigenvalue weighted by Crippen LogP contribution is 2.38. The molecule has 0 aliphatic carbocycles. The zero-order valence-corrected chi connectivity index (χ0v) is 32.6. The van der Waals surface area contributed by atoms with E-state index in [0.29, 0.717) is 38.5 Å². The van der Waals surface area contributed by atoms with E-state index in [1.807, 2.05) is 59.4 Å². The molecular weight excluding hydrogens is 665 g/mol. The van der Waals surface area contributed by atoms with Crippen molar-refractivity contribution in [2.24, 2.45) is 5.92 Å². The van der Waals surface area contributed by atoms with Gasteiger partial charge in [0.25, 0.3) is 7.82 Å². The van der Waals surface area contributed by atoms with Gasteiger partial charge in [0.15, 0.2) is 18.9 Å². The molecule has 0 aliphatic rings. The first-order valence-corrected chi connectivity index (χ1v) is 21.3. The zero-order chi connectivity index (χ0) is 36.8. The minimum absolute atomic E-state index is 0.0652. The van der Waals surface area contributed by atoms with Gasteiger partial charge in [-0.15, -0.1) is 0 Å². The topological polar surface area (TPSA) is 118 Å². The van der Waals surface area contributed by atoms with E-state index in [1.54, 1.807) is 0 Å². The molecule has 0 aliphatic heterocycles. The van der Waals surface area contributed by atoms with Crippen LogP contribution >= 0.6 is 7.82 Å². The Hall–Kier alpha value is -2.13. The molecule has 2 aromatic rings. The van der Waals surface area contributed by atoms with Gasteiger partial charge in [0.1, 0.15) is 12.7 Å². The van der Waals surface area contributed by atoms with Crippen molar-refractivity contribution in [2.75, 3.05) is 33.0 Å². The summed E-state index contributed by atoms with van der Waals surface area (Å²) in [5.74, 6) is -0.388. The molecule has 0 spiro atoms. The summed E-state index contributed by atoms with van der Waals surface area (Å²) < 4.78 is 37.2. The Balaban J connectivity index is 1.86. The Morgan fingerprint density at radius 1 is 0.725 bits per heavy atom. The Bertz CT molecular complexity index is 1180. The zero-order valence-electron chi connectivity index (χ0n) is 31.7. The second-order valence-corrected chi connectivity index (χ2v) is 15.3. The van der Waals surface area contributed by atoms with E-state index in [2.05, 4.69) is 13.8 Å². The van der Waals surface area contributed by atoms with Crippen LogP contribution in [0.1, 0.15) is 136 Å². The molecule has 0 saturated heterocycles. The number of pyridine rings is 1. The van der Waals surface area contributed by atoms with Crippen molar-refractivity contribution in [3.8, 4) is 11.1 Å². The molecule has 9 nitrogen and oxygen atoms in total. The van der Waals surface area contributed by atoms with Crippen LogP contribution in [0.25, 0.3) is 11.1 Å². The number of aliphatic carboxylic acids is 1. The predicted molar refractivity (Wildman–Crippen MR) is 202 cm³/mol. The largest absolute Gasteiger partial charge is 0.756 e. The number of hydrogen-bond acceptors (Lipinski definition) is 7. The normalized spacial score (nSPS) is 13.9. The Labute approximate surface area is 309 Å². The minimum Gasteiger partial charge on any atom is -0.756 e. The first kappa shape index (κ1) is 45.0. The van der Waals surface area contributed by atoms with E-state index in [-0.39, 0.29) is 26.2 Å². The monoisotopic (exact) mass is 733 g/mol. The van der Waals surface area contributed by atoms with Gasteiger partial charge in [-0.25, -0.2) is 4.57 Å². The summed E-state index contributed by atoms with van der Waals surface area (Å²) in [7, 11) is -4.60. The van der Waals surface area contributed by atoms with Crippen LogP contribution in [-0.4, -0.2) is 50.2 Å². The number of carbonyl (C=O) groups is 1. The van der Waals surface area contributed by atoms with Crippen LogP contribution in [0.4, 0.5) is 0 Å². The van der Waals surface area contributed by atoms with E-state index in [0.717, 1.165) is 24.0 Å². The maximum absolute atomic E-state index is 12.7. The smallest absolute Gasteiger partial charge is 0.303 e. The number of carboxylic acids is 1. The molecule has 1 N–H and O–H groups in total. The number of phosphoric acid groups is 1. The lowest BCUT2D eigenvalue weighted by Gasteiger charge is -2.26. The number of aromatic nitrogens is 1. The maximum Gasteiger partial charge on any atom is 0.303 e. The van der Waals surface area contributed by atoms with Crippen molar-refractivity contribution in [1.29, 1.82) is 0 Å². The van der Waals surface area contributed by atoms with E-state index < -0.39 is 19.9 Å². The van der Waals surface area contributed by atoms with Crippen molar-refractivity contribution >= 4 is 13.8 Å². The molecule has 1 heterocycles. The molecule has 0 saturated carbocycles. The Morgan fingerprint density at radius 2 is 1.33 bits per heavy atom. The number of phosphoric ester groups is 1. The molecule has 10 heteroatoms. The summed E-state index contributed by atoms with van der Waals surface area (Å²) in [5.41, 5.74) is 2.10. The fourth-order valence-electron chi connectivity index (χ4n) is 6.16. The summed E-state index contributed by atoms with van der Waals surface area (Å²) in [6, 6.07) is 13.9. The average Bonchev–Trinajstić information content (AvgIpc) is 3.12. The maximum atomic E-state index is 12.7. The lowest BCUT2D eigenvalue weighted by atomic mass is 9.94. The molecule has 0 bridgehead atoms. The van der Waals surface area contributed by atoms with Crippen LogP contribution in [0.2, 0.25) is 0 Å². The first-order valence-electron chi connectivity index (χ1n) is 19.9. The van der Waals surface area contributed by atoms with Gasteiger partial charge in [0, 0.05) is 31.3 Å². The number of unbranched alkanes of at least 4 members (excludes halogenated alkanes) is 13. The predicted octanol–water partition coefficient (Wildman–Crippen LogP) is 9.70. The van der Waals surface area contributed by atoms with Crippen molar-refractivity contribution in [1.82, 2.24) is 0 Å². The van der Waals surface area contributed by atoms with Gasteiger partial charge >= 0.3 is 5.97 Å². The number of hydrogen-bond donors (Lipinski definition) is 1. The molecule has 51 heavy (non-hydrogen) atoms. The van der Waals surface area contributed by atoms with Gasteiger partial charge in [-0.2, -0.15) is 0 Å². The highest BCUT2D eigenvalue weighted by molar-refractivity contribution is 7.45. The highest BCUT2D eigenvalue weighted by Gasteiger charge is 2.19. The fourth-order valence-corrected chi connectivity index (χ4v) is 6.89. The number of rotatable bonds is 34. The van der Waals surface area contributed by atoms with E-state index in [4.69, 9.17) is 23.6 Å². The molecule has 3 unspecified atom stereocenters. The minimum atomic E-state index is -4.60.